The molecule has 0 radical (unpaired) electrons. The number of halogens is 1. The number of aryl methyl sites for hydroxylation is 2. The summed E-state index contributed by atoms with van der Waals surface area (Å²) in [5.41, 5.74) is 0.164. The van der Waals surface area contributed by atoms with Crippen LogP contribution >= 0.6 is 0 Å². The zero-order valence-corrected chi connectivity index (χ0v) is 15.6. The van der Waals surface area contributed by atoms with Gasteiger partial charge in [0.1, 0.15) is 5.82 Å². The van der Waals surface area contributed by atoms with Gasteiger partial charge in [-0.1, -0.05) is 6.07 Å². The Balaban J connectivity index is 1.80. The van der Waals surface area contributed by atoms with Crippen LogP contribution in [0.4, 0.5) is 16.2 Å². The van der Waals surface area contributed by atoms with Gasteiger partial charge < -0.3 is 20.1 Å². The van der Waals surface area contributed by atoms with Crippen LogP contribution in [0, 0.1) is 19.7 Å². The summed E-state index contributed by atoms with van der Waals surface area (Å²) in [6.07, 6.45) is 0.432. The van der Waals surface area contributed by atoms with Crippen LogP contribution in [0.5, 0.6) is 5.75 Å². The Hall–Kier alpha value is -2.90. The van der Waals surface area contributed by atoms with E-state index in [-0.39, 0.29) is 18.6 Å². The molecule has 0 spiro atoms. The summed E-state index contributed by atoms with van der Waals surface area (Å²) in [6.45, 7) is 4.54. The second-order valence-corrected chi connectivity index (χ2v) is 6.76. The summed E-state index contributed by atoms with van der Waals surface area (Å²) in [7, 11) is 1.74. The molecule has 1 aromatic carbocycles. The smallest absolute Gasteiger partial charge is 0.348 e. The molecule has 7 nitrogen and oxygen atoms in total. The van der Waals surface area contributed by atoms with Gasteiger partial charge in [0.05, 0.1) is 0 Å². The molecule has 1 aliphatic rings. The van der Waals surface area contributed by atoms with Gasteiger partial charge in [-0.05, 0) is 31.5 Å². The number of benzene rings is 1. The van der Waals surface area contributed by atoms with E-state index in [0.717, 1.165) is 17.1 Å². The van der Waals surface area contributed by atoms with Crippen LogP contribution in [0.1, 0.15) is 24.1 Å². The van der Waals surface area contributed by atoms with E-state index in [1.54, 1.807) is 20.0 Å². The lowest BCUT2D eigenvalue weighted by molar-refractivity contribution is -0.157. The van der Waals surface area contributed by atoms with Gasteiger partial charge in [-0.2, -0.15) is 4.98 Å². The van der Waals surface area contributed by atoms with Crippen LogP contribution in [0.3, 0.4) is 0 Å². The molecule has 3 rings (SSSR count). The molecule has 2 aromatic rings. The number of piperidine rings is 1. The molecule has 1 saturated heterocycles. The fraction of sp³-hybridized carbons (Fsp3) is 0.421. The largest absolute Gasteiger partial charge is 0.478 e. The van der Waals surface area contributed by atoms with Gasteiger partial charge in [-0.25, -0.2) is 14.2 Å². The third-order valence-electron chi connectivity index (χ3n) is 4.74. The van der Waals surface area contributed by atoms with Gasteiger partial charge >= 0.3 is 5.97 Å². The van der Waals surface area contributed by atoms with Gasteiger partial charge in [-0.15, -0.1) is 0 Å². The number of rotatable bonds is 5. The maximum atomic E-state index is 14.1. The van der Waals surface area contributed by atoms with Crippen LogP contribution in [-0.4, -0.2) is 46.8 Å². The van der Waals surface area contributed by atoms with E-state index in [1.165, 1.54) is 12.1 Å². The number of aromatic nitrogens is 2. The van der Waals surface area contributed by atoms with Gasteiger partial charge in [0, 0.05) is 44.7 Å². The monoisotopic (exact) mass is 374 g/mol. The minimum atomic E-state index is -1.46. The van der Waals surface area contributed by atoms with Gasteiger partial charge in [0.25, 0.3) is 0 Å². The number of hydrogen-bond acceptors (Lipinski definition) is 6. The van der Waals surface area contributed by atoms with Crippen molar-refractivity contribution in [1.82, 2.24) is 9.97 Å². The molecule has 0 aliphatic carbocycles. The molecular weight excluding hydrogens is 351 g/mol. The van der Waals surface area contributed by atoms with Crippen molar-refractivity contribution in [1.29, 1.82) is 0 Å². The highest BCUT2D eigenvalue weighted by atomic mass is 19.1. The molecule has 1 aromatic heterocycles. The number of nitrogens with zero attached hydrogens (tertiary/aromatic N) is 3. The van der Waals surface area contributed by atoms with Crippen molar-refractivity contribution in [3.63, 3.8) is 0 Å². The van der Waals surface area contributed by atoms with Crippen molar-refractivity contribution < 1.29 is 19.0 Å². The average molecular weight is 374 g/mol. The van der Waals surface area contributed by atoms with Crippen LogP contribution < -0.4 is 15.0 Å². The molecule has 0 amide bonds. The minimum Gasteiger partial charge on any atom is -0.478 e. The number of nitrogens with one attached hydrogen (secondary N) is 1. The standard InChI is InChI=1S/C19H23FN4O3/c1-12-4-5-14(20)15(10-12)27-19(17(25)26)6-8-24(9-7-19)16-11-13(2)22-18(21-3)23-16/h4-5,10-11H,6-9H2,1-3H3,(H,25,26)(H,21,22,23). The van der Waals surface area contributed by atoms with Crippen molar-refractivity contribution in [2.45, 2.75) is 32.3 Å². The predicted molar refractivity (Wildman–Crippen MR) is 99.9 cm³/mol. The van der Waals surface area contributed by atoms with E-state index in [9.17, 15) is 14.3 Å². The Kier molecular flexibility index (Phi) is 5.16. The van der Waals surface area contributed by atoms with E-state index in [4.69, 9.17) is 4.74 Å². The summed E-state index contributed by atoms with van der Waals surface area (Å²) >= 11 is 0. The van der Waals surface area contributed by atoms with Crippen LogP contribution in [0.15, 0.2) is 24.3 Å². The maximum absolute atomic E-state index is 14.1. The number of hydrogen-bond donors (Lipinski definition) is 2. The van der Waals surface area contributed by atoms with Crippen LogP contribution in [0.2, 0.25) is 0 Å². The third kappa shape index (κ3) is 3.94. The highest BCUT2D eigenvalue weighted by Crippen LogP contribution is 2.33. The normalized spacial score (nSPS) is 16.1. The highest BCUT2D eigenvalue weighted by Gasteiger charge is 2.45. The summed E-state index contributed by atoms with van der Waals surface area (Å²) in [5, 5.41) is 12.7. The topological polar surface area (TPSA) is 87.6 Å². The van der Waals surface area contributed by atoms with Crippen molar-refractivity contribution in [2.24, 2.45) is 0 Å². The lowest BCUT2D eigenvalue weighted by atomic mass is 9.91. The lowest BCUT2D eigenvalue weighted by Gasteiger charge is -2.39. The molecule has 144 valence electrons. The first-order valence-corrected chi connectivity index (χ1v) is 8.80. The summed E-state index contributed by atoms with van der Waals surface area (Å²) in [6, 6.07) is 6.29. The average Bonchev–Trinajstić information content (AvgIpc) is 2.64. The Morgan fingerprint density at radius 2 is 1.96 bits per heavy atom. The number of carboxylic acids is 1. The summed E-state index contributed by atoms with van der Waals surface area (Å²) < 4.78 is 19.8. The number of carbonyl (C=O) groups is 1. The second-order valence-electron chi connectivity index (χ2n) is 6.76. The Bertz CT molecular complexity index is 851. The Morgan fingerprint density at radius 1 is 1.26 bits per heavy atom. The predicted octanol–water partition coefficient (Wildman–Crippen LogP) is 2.78. The van der Waals surface area contributed by atoms with Gasteiger partial charge in [0.15, 0.2) is 11.6 Å². The molecule has 2 heterocycles. The SMILES string of the molecule is CNc1nc(C)cc(N2CCC(Oc3cc(C)ccc3F)(C(=O)O)CC2)n1. The number of ether oxygens (including phenoxy) is 1. The molecule has 8 heteroatoms. The molecule has 0 saturated carbocycles. The fourth-order valence-electron chi connectivity index (χ4n) is 3.18. The molecular formula is C19H23FN4O3. The number of anilines is 2. The molecule has 2 N–H and O–H groups in total. The second kappa shape index (κ2) is 7.38. The highest BCUT2D eigenvalue weighted by molar-refractivity contribution is 5.78. The van der Waals surface area contributed by atoms with Crippen molar-refractivity contribution >= 4 is 17.7 Å². The Morgan fingerprint density at radius 3 is 2.59 bits per heavy atom. The van der Waals surface area contributed by atoms with Gasteiger partial charge in [-0.3, -0.25) is 0 Å². The van der Waals surface area contributed by atoms with Crippen LogP contribution in [-0.2, 0) is 4.79 Å². The lowest BCUT2D eigenvalue weighted by Crippen LogP contribution is -2.53. The van der Waals surface area contributed by atoms with Crippen molar-refractivity contribution in [3.8, 4) is 5.75 Å². The van der Waals surface area contributed by atoms with E-state index < -0.39 is 17.4 Å². The third-order valence-corrected chi connectivity index (χ3v) is 4.74. The van der Waals surface area contributed by atoms with Crippen LogP contribution in [0.25, 0.3) is 0 Å². The van der Waals surface area contributed by atoms with E-state index in [0.29, 0.717) is 19.0 Å². The quantitative estimate of drug-likeness (QED) is 0.832. The summed E-state index contributed by atoms with van der Waals surface area (Å²) in [4.78, 5) is 22.7. The Labute approximate surface area is 157 Å². The molecule has 0 bridgehead atoms. The summed E-state index contributed by atoms with van der Waals surface area (Å²) in [5.74, 6) is -0.432. The molecule has 27 heavy (non-hydrogen) atoms. The molecule has 0 unspecified atom stereocenters. The number of aliphatic carboxylic acids is 1. The van der Waals surface area contributed by atoms with Gasteiger partial charge in [0.2, 0.25) is 11.5 Å². The zero-order chi connectivity index (χ0) is 19.6. The van der Waals surface area contributed by atoms with Crippen molar-refractivity contribution in [3.05, 3.63) is 41.3 Å². The zero-order valence-electron chi connectivity index (χ0n) is 15.6. The number of carboxylic acid groups (broad SMARTS) is 1. The maximum Gasteiger partial charge on any atom is 0.348 e. The van der Waals surface area contributed by atoms with E-state index in [2.05, 4.69) is 15.3 Å². The van der Waals surface area contributed by atoms with E-state index >= 15 is 0 Å². The molecule has 0 atom stereocenters. The van der Waals surface area contributed by atoms with Crippen molar-refractivity contribution in [2.75, 3.05) is 30.4 Å². The first kappa shape index (κ1) is 18.9. The molecule has 1 aliphatic heterocycles. The van der Waals surface area contributed by atoms with E-state index in [1.807, 2.05) is 17.9 Å². The minimum absolute atomic E-state index is 0.0267. The molecule has 1 fully saturated rings. The fourth-order valence-corrected chi connectivity index (χ4v) is 3.18. The first-order chi connectivity index (χ1) is 12.8. The first-order valence-electron chi connectivity index (χ1n) is 8.80.